The predicted octanol–water partition coefficient (Wildman–Crippen LogP) is 4.01. The van der Waals surface area contributed by atoms with Crippen LogP contribution in [0, 0.1) is 5.41 Å². The van der Waals surface area contributed by atoms with Crippen LogP contribution < -0.4 is 9.47 Å². The molecule has 0 spiro atoms. The molecule has 0 radical (unpaired) electrons. The molecule has 1 aliphatic carbocycles. The summed E-state index contributed by atoms with van der Waals surface area (Å²) in [6.45, 7) is 4.26. The number of carbonyl (C=O) groups is 1. The zero-order chi connectivity index (χ0) is 14.2. The number of rotatable bonds is 2. The third-order valence-electron chi connectivity index (χ3n) is 3.69. The van der Waals surface area contributed by atoms with E-state index < -0.39 is 0 Å². The minimum absolute atomic E-state index is 0.0125. The van der Waals surface area contributed by atoms with Gasteiger partial charge in [0.15, 0.2) is 5.78 Å². The number of Topliss-reactive ketones (excluding diaryl/α,β-unsaturated/α-hetero) is 1. The normalized spacial score (nSPS) is 17.6. The van der Waals surface area contributed by atoms with E-state index in [2.05, 4.69) is 29.8 Å². The van der Waals surface area contributed by atoms with E-state index in [0.717, 1.165) is 28.6 Å². The first-order valence-electron chi connectivity index (χ1n) is 6.36. The minimum atomic E-state index is 0.0125. The first-order chi connectivity index (χ1) is 8.89. The van der Waals surface area contributed by atoms with Gasteiger partial charge in [0.05, 0.1) is 24.3 Å². The topological polar surface area (TPSA) is 35.5 Å². The zero-order valence-electron chi connectivity index (χ0n) is 11.8. The molecule has 1 aromatic carbocycles. The fourth-order valence-corrected chi connectivity index (χ4v) is 3.22. The summed E-state index contributed by atoms with van der Waals surface area (Å²) in [6.07, 6.45) is 2.34. The van der Waals surface area contributed by atoms with Gasteiger partial charge in [0.25, 0.3) is 0 Å². The molecule has 0 saturated heterocycles. The third-order valence-corrected chi connectivity index (χ3v) is 4.28. The summed E-state index contributed by atoms with van der Waals surface area (Å²) in [7, 11) is 3.23. The van der Waals surface area contributed by atoms with E-state index in [-0.39, 0.29) is 11.2 Å². The Bertz CT molecular complexity index is 521. The van der Waals surface area contributed by atoms with Gasteiger partial charge in [-0.1, -0.05) is 13.8 Å². The maximum Gasteiger partial charge on any atom is 0.167 e. The van der Waals surface area contributed by atoms with Crippen molar-refractivity contribution in [1.29, 1.82) is 0 Å². The Morgan fingerprint density at radius 2 is 1.95 bits per heavy atom. The van der Waals surface area contributed by atoms with Crippen molar-refractivity contribution in [3.8, 4) is 11.5 Å². The summed E-state index contributed by atoms with van der Waals surface area (Å²) >= 11 is 3.45. The molecule has 1 aliphatic rings. The fraction of sp³-hybridized carbons (Fsp3) is 0.533. The van der Waals surface area contributed by atoms with Crippen molar-refractivity contribution in [1.82, 2.24) is 0 Å². The molecule has 0 unspecified atom stereocenters. The van der Waals surface area contributed by atoms with Gasteiger partial charge in [0.2, 0.25) is 0 Å². The molecule has 1 aromatic rings. The Morgan fingerprint density at radius 1 is 1.26 bits per heavy atom. The molecule has 0 bridgehead atoms. The Hall–Kier alpha value is -1.03. The largest absolute Gasteiger partial charge is 0.496 e. The third kappa shape index (κ3) is 2.64. The van der Waals surface area contributed by atoms with Gasteiger partial charge in [0, 0.05) is 12.0 Å². The van der Waals surface area contributed by atoms with Gasteiger partial charge in [-0.25, -0.2) is 0 Å². The molecular weight excluding hydrogens is 308 g/mol. The lowest BCUT2D eigenvalue weighted by Crippen LogP contribution is -2.15. The van der Waals surface area contributed by atoms with E-state index in [1.54, 1.807) is 14.2 Å². The Kier molecular flexibility index (Phi) is 3.90. The van der Waals surface area contributed by atoms with Gasteiger partial charge in [0.1, 0.15) is 11.5 Å². The number of halogens is 1. The lowest BCUT2D eigenvalue weighted by Gasteiger charge is -2.20. The molecule has 0 fully saturated rings. The molecule has 0 atom stereocenters. The maximum absolute atomic E-state index is 12.6. The molecular formula is C15H19BrO3. The van der Waals surface area contributed by atoms with Crippen LogP contribution in [0.2, 0.25) is 0 Å². The summed E-state index contributed by atoms with van der Waals surface area (Å²) in [6, 6.07) is 1.88. The van der Waals surface area contributed by atoms with Gasteiger partial charge in [-0.2, -0.15) is 0 Å². The highest BCUT2D eigenvalue weighted by Crippen LogP contribution is 2.44. The second-order valence-electron chi connectivity index (χ2n) is 5.71. The van der Waals surface area contributed by atoms with Crippen LogP contribution in [0.15, 0.2) is 10.5 Å². The average Bonchev–Trinajstić information content (AvgIpc) is 2.45. The van der Waals surface area contributed by atoms with Crippen LogP contribution in [-0.2, 0) is 6.42 Å². The standard InChI is InChI=1S/C15H19BrO3/c1-15(2)6-5-9-12(18-3)7-10(16)14(19-4)13(9)11(17)8-15/h7H,5-6,8H2,1-4H3. The van der Waals surface area contributed by atoms with Gasteiger partial charge in [-0.15, -0.1) is 0 Å². The predicted molar refractivity (Wildman–Crippen MR) is 78.3 cm³/mol. The van der Waals surface area contributed by atoms with Crippen LogP contribution in [0.1, 0.15) is 42.6 Å². The highest BCUT2D eigenvalue weighted by molar-refractivity contribution is 9.10. The number of ketones is 1. The minimum Gasteiger partial charge on any atom is -0.496 e. The van der Waals surface area contributed by atoms with Gasteiger partial charge in [-0.3, -0.25) is 4.79 Å². The van der Waals surface area contributed by atoms with Gasteiger partial charge in [-0.05, 0) is 40.3 Å². The van der Waals surface area contributed by atoms with Crippen LogP contribution in [0.25, 0.3) is 0 Å². The number of benzene rings is 1. The summed E-state index contributed by atoms with van der Waals surface area (Å²) < 4.78 is 11.6. The van der Waals surface area contributed by atoms with Crippen molar-refractivity contribution >= 4 is 21.7 Å². The summed E-state index contributed by atoms with van der Waals surface area (Å²) in [5.41, 5.74) is 1.66. The number of carbonyl (C=O) groups excluding carboxylic acids is 1. The van der Waals surface area contributed by atoms with Crippen LogP contribution in [0.3, 0.4) is 0 Å². The van der Waals surface area contributed by atoms with Crippen LogP contribution in [0.5, 0.6) is 11.5 Å². The quantitative estimate of drug-likeness (QED) is 0.770. The molecule has 0 aliphatic heterocycles. The van der Waals surface area contributed by atoms with E-state index in [9.17, 15) is 4.79 Å². The maximum atomic E-state index is 12.6. The molecule has 0 saturated carbocycles. The zero-order valence-corrected chi connectivity index (χ0v) is 13.4. The fourth-order valence-electron chi connectivity index (χ4n) is 2.65. The monoisotopic (exact) mass is 326 g/mol. The summed E-state index contributed by atoms with van der Waals surface area (Å²) in [5, 5.41) is 0. The number of ether oxygens (including phenoxy) is 2. The SMILES string of the molecule is COc1cc(Br)c(OC)c2c1CCC(C)(C)CC2=O. The van der Waals surface area contributed by atoms with Crippen molar-refractivity contribution in [2.75, 3.05) is 14.2 Å². The Morgan fingerprint density at radius 3 is 2.53 bits per heavy atom. The first kappa shape index (κ1) is 14.4. The molecule has 0 aromatic heterocycles. The summed E-state index contributed by atoms with van der Waals surface area (Å²) in [5.74, 6) is 1.51. The Balaban J connectivity index is 2.67. The van der Waals surface area contributed by atoms with Crippen molar-refractivity contribution in [3.05, 3.63) is 21.7 Å². The number of methoxy groups -OCH3 is 2. The van der Waals surface area contributed by atoms with Crippen molar-refractivity contribution in [2.24, 2.45) is 5.41 Å². The van der Waals surface area contributed by atoms with Crippen molar-refractivity contribution in [2.45, 2.75) is 33.1 Å². The van der Waals surface area contributed by atoms with E-state index >= 15 is 0 Å². The Labute approximate surface area is 122 Å². The van der Waals surface area contributed by atoms with Crippen LogP contribution >= 0.6 is 15.9 Å². The molecule has 3 nitrogen and oxygen atoms in total. The highest BCUT2D eigenvalue weighted by Gasteiger charge is 2.32. The van der Waals surface area contributed by atoms with Crippen molar-refractivity contribution in [3.63, 3.8) is 0 Å². The highest BCUT2D eigenvalue weighted by atomic mass is 79.9. The van der Waals surface area contributed by atoms with E-state index in [1.807, 2.05) is 6.07 Å². The number of fused-ring (bicyclic) bond motifs is 1. The lowest BCUT2D eigenvalue weighted by atomic mass is 9.84. The van der Waals surface area contributed by atoms with Gasteiger partial charge < -0.3 is 9.47 Å². The molecule has 0 N–H and O–H groups in total. The van der Waals surface area contributed by atoms with E-state index in [0.29, 0.717) is 17.7 Å². The molecule has 0 amide bonds. The molecule has 19 heavy (non-hydrogen) atoms. The first-order valence-corrected chi connectivity index (χ1v) is 7.15. The molecule has 2 rings (SSSR count). The van der Waals surface area contributed by atoms with Crippen molar-refractivity contribution < 1.29 is 14.3 Å². The number of hydrogen-bond acceptors (Lipinski definition) is 3. The smallest absolute Gasteiger partial charge is 0.167 e. The molecule has 0 heterocycles. The number of hydrogen-bond donors (Lipinski definition) is 0. The van der Waals surface area contributed by atoms with Crippen LogP contribution in [0.4, 0.5) is 0 Å². The second-order valence-corrected chi connectivity index (χ2v) is 6.57. The van der Waals surface area contributed by atoms with E-state index in [4.69, 9.17) is 9.47 Å². The van der Waals surface area contributed by atoms with E-state index in [1.165, 1.54) is 0 Å². The summed E-state index contributed by atoms with van der Waals surface area (Å²) in [4.78, 5) is 12.6. The lowest BCUT2D eigenvalue weighted by molar-refractivity contribution is 0.0931. The second kappa shape index (κ2) is 5.16. The van der Waals surface area contributed by atoms with Gasteiger partial charge >= 0.3 is 0 Å². The average molecular weight is 327 g/mol. The molecule has 4 heteroatoms. The molecule has 104 valence electrons. The van der Waals surface area contributed by atoms with Crippen LogP contribution in [-0.4, -0.2) is 20.0 Å².